The smallest absolute Gasteiger partial charge is 0.308 e. The Balaban J connectivity index is 1.93. The van der Waals surface area contributed by atoms with Gasteiger partial charge in [0.15, 0.2) is 0 Å². The minimum absolute atomic E-state index is 0.0629. The summed E-state index contributed by atoms with van der Waals surface area (Å²) in [7, 11) is 1.57. The number of hydrogen-bond donors (Lipinski definition) is 0. The van der Waals surface area contributed by atoms with Gasteiger partial charge in [-0.3, -0.25) is 9.59 Å². The number of methoxy groups -OCH3 is 1. The molecule has 0 amide bonds. The van der Waals surface area contributed by atoms with Crippen LogP contribution in [0.2, 0.25) is 0 Å². The van der Waals surface area contributed by atoms with Crippen molar-refractivity contribution in [1.82, 2.24) is 0 Å². The van der Waals surface area contributed by atoms with Crippen LogP contribution in [-0.2, 0) is 4.79 Å². The highest BCUT2D eigenvalue weighted by Crippen LogP contribution is 2.25. The zero-order valence-electron chi connectivity index (χ0n) is 13.1. The van der Waals surface area contributed by atoms with Crippen molar-refractivity contribution < 1.29 is 23.4 Å². The Labute approximate surface area is 137 Å². The largest absolute Gasteiger partial charge is 0.497 e. The summed E-state index contributed by atoms with van der Waals surface area (Å²) in [5, 5.41) is 0.330. The highest BCUT2D eigenvalue weighted by molar-refractivity contribution is 5.80. The van der Waals surface area contributed by atoms with E-state index in [1.54, 1.807) is 31.4 Å². The van der Waals surface area contributed by atoms with E-state index in [0.29, 0.717) is 28.2 Å². The predicted molar refractivity (Wildman–Crippen MR) is 86.9 cm³/mol. The minimum atomic E-state index is -0.448. The average Bonchev–Trinajstić information content (AvgIpc) is 2.57. The molecule has 122 valence electrons. The molecular formula is C18H14O6. The summed E-state index contributed by atoms with van der Waals surface area (Å²) in [5.41, 5.74) is -0.0118. The van der Waals surface area contributed by atoms with Crippen molar-refractivity contribution in [2.75, 3.05) is 7.11 Å². The SMILES string of the molecule is COc1ccc(Oc2coc3cc(OC(C)=O)ccc3c2=O)cc1. The molecule has 0 bridgehead atoms. The summed E-state index contributed by atoms with van der Waals surface area (Å²) in [4.78, 5) is 23.4. The van der Waals surface area contributed by atoms with Crippen LogP contribution < -0.4 is 19.6 Å². The Morgan fingerprint density at radius 2 is 1.67 bits per heavy atom. The van der Waals surface area contributed by atoms with Gasteiger partial charge in [-0.25, -0.2) is 0 Å². The molecule has 0 aliphatic rings. The van der Waals surface area contributed by atoms with E-state index in [4.69, 9.17) is 18.6 Å². The molecule has 6 heteroatoms. The molecule has 0 atom stereocenters. The molecule has 0 fully saturated rings. The van der Waals surface area contributed by atoms with Gasteiger partial charge in [0.1, 0.15) is 29.1 Å². The average molecular weight is 326 g/mol. The number of esters is 1. The van der Waals surface area contributed by atoms with Gasteiger partial charge >= 0.3 is 5.97 Å². The Hall–Kier alpha value is -3.28. The van der Waals surface area contributed by atoms with Crippen molar-refractivity contribution in [3.05, 3.63) is 59.0 Å². The highest BCUT2D eigenvalue weighted by atomic mass is 16.5. The van der Waals surface area contributed by atoms with E-state index >= 15 is 0 Å². The van der Waals surface area contributed by atoms with Crippen LogP contribution in [0.3, 0.4) is 0 Å². The third-order valence-electron chi connectivity index (χ3n) is 3.26. The summed E-state index contributed by atoms with van der Waals surface area (Å²) >= 11 is 0. The van der Waals surface area contributed by atoms with Crippen molar-refractivity contribution in [2.45, 2.75) is 6.92 Å². The molecule has 1 aromatic heterocycles. The fraction of sp³-hybridized carbons (Fsp3) is 0.111. The second-order valence-electron chi connectivity index (χ2n) is 4.96. The molecule has 2 aromatic carbocycles. The van der Waals surface area contributed by atoms with Crippen LogP contribution in [0.5, 0.6) is 23.0 Å². The lowest BCUT2D eigenvalue weighted by molar-refractivity contribution is -0.131. The molecule has 6 nitrogen and oxygen atoms in total. The van der Waals surface area contributed by atoms with E-state index in [-0.39, 0.29) is 11.2 Å². The standard InChI is InChI=1S/C18H14O6/c1-11(19)23-14-7-8-15-16(9-14)22-10-17(18(15)20)24-13-5-3-12(21-2)4-6-13/h3-10H,1-2H3. The molecule has 3 aromatic rings. The maximum absolute atomic E-state index is 12.5. The predicted octanol–water partition coefficient (Wildman–Crippen LogP) is 3.52. The second-order valence-corrected chi connectivity index (χ2v) is 4.96. The number of fused-ring (bicyclic) bond motifs is 1. The van der Waals surface area contributed by atoms with Crippen molar-refractivity contribution in [3.63, 3.8) is 0 Å². The van der Waals surface area contributed by atoms with E-state index in [2.05, 4.69) is 0 Å². The van der Waals surface area contributed by atoms with Crippen molar-refractivity contribution in [3.8, 4) is 23.0 Å². The Kier molecular flexibility index (Phi) is 4.20. The number of benzene rings is 2. The number of rotatable bonds is 4. The van der Waals surface area contributed by atoms with E-state index in [1.807, 2.05) is 0 Å². The normalized spacial score (nSPS) is 10.4. The van der Waals surface area contributed by atoms with Crippen LogP contribution >= 0.6 is 0 Å². The molecule has 0 saturated heterocycles. The first-order valence-corrected chi connectivity index (χ1v) is 7.13. The first-order valence-electron chi connectivity index (χ1n) is 7.13. The third kappa shape index (κ3) is 3.22. The molecule has 0 spiro atoms. The molecule has 0 aliphatic carbocycles. The first-order chi connectivity index (χ1) is 11.6. The minimum Gasteiger partial charge on any atom is -0.497 e. The quantitative estimate of drug-likeness (QED) is 0.539. The summed E-state index contributed by atoms with van der Waals surface area (Å²) in [6.07, 6.45) is 1.23. The van der Waals surface area contributed by atoms with Gasteiger partial charge in [-0.2, -0.15) is 0 Å². The third-order valence-corrected chi connectivity index (χ3v) is 3.26. The molecule has 0 radical (unpaired) electrons. The maximum Gasteiger partial charge on any atom is 0.308 e. The topological polar surface area (TPSA) is 75.0 Å². The molecule has 1 heterocycles. The van der Waals surface area contributed by atoms with Crippen molar-refractivity contribution in [1.29, 1.82) is 0 Å². The number of ether oxygens (including phenoxy) is 3. The summed E-state index contributed by atoms with van der Waals surface area (Å²) in [6.45, 7) is 1.30. The van der Waals surface area contributed by atoms with Crippen LogP contribution in [0.1, 0.15) is 6.92 Å². The lowest BCUT2D eigenvalue weighted by Crippen LogP contribution is -2.06. The zero-order valence-corrected chi connectivity index (χ0v) is 13.1. The van der Waals surface area contributed by atoms with E-state index in [9.17, 15) is 9.59 Å². The van der Waals surface area contributed by atoms with Crippen molar-refractivity contribution >= 4 is 16.9 Å². The molecule has 0 saturated carbocycles. The summed E-state index contributed by atoms with van der Waals surface area (Å²) in [5.74, 6) is 1.09. The number of carbonyl (C=O) groups is 1. The van der Waals surface area contributed by atoms with Gasteiger partial charge in [-0.1, -0.05) is 0 Å². The van der Waals surface area contributed by atoms with Crippen LogP contribution in [0.15, 0.2) is 57.9 Å². The van der Waals surface area contributed by atoms with E-state index < -0.39 is 5.97 Å². The second kappa shape index (κ2) is 6.45. The summed E-state index contributed by atoms with van der Waals surface area (Å²) < 4.78 is 21.0. The molecular weight excluding hydrogens is 312 g/mol. The van der Waals surface area contributed by atoms with Gasteiger partial charge in [0.25, 0.3) is 0 Å². The monoisotopic (exact) mass is 326 g/mol. The number of hydrogen-bond acceptors (Lipinski definition) is 6. The Morgan fingerprint density at radius 3 is 2.33 bits per heavy atom. The van der Waals surface area contributed by atoms with Crippen LogP contribution in [0, 0.1) is 0 Å². The van der Waals surface area contributed by atoms with E-state index in [1.165, 1.54) is 31.4 Å². The Bertz CT molecular complexity index is 940. The molecule has 0 unspecified atom stereocenters. The fourth-order valence-corrected chi connectivity index (χ4v) is 2.16. The maximum atomic E-state index is 12.5. The highest BCUT2D eigenvalue weighted by Gasteiger charge is 2.11. The first kappa shape index (κ1) is 15.6. The van der Waals surface area contributed by atoms with Crippen LogP contribution in [0.25, 0.3) is 11.0 Å². The molecule has 24 heavy (non-hydrogen) atoms. The van der Waals surface area contributed by atoms with Crippen LogP contribution in [0.4, 0.5) is 0 Å². The van der Waals surface area contributed by atoms with Gasteiger partial charge in [0.2, 0.25) is 11.2 Å². The Morgan fingerprint density at radius 1 is 1.00 bits per heavy atom. The lowest BCUT2D eigenvalue weighted by Gasteiger charge is -2.07. The zero-order chi connectivity index (χ0) is 17.1. The molecule has 0 N–H and O–H groups in total. The van der Waals surface area contributed by atoms with Gasteiger partial charge in [-0.05, 0) is 36.4 Å². The van der Waals surface area contributed by atoms with Crippen LogP contribution in [-0.4, -0.2) is 13.1 Å². The van der Waals surface area contributed by atoms with Crippen molar-refractivity contribution in [2.24, 2.45) is 0 Å². The molecule has 0 aliphatic heterocycles. The lowest BCUT2D eigenvalue weighted by atomic mass is 10.2. The van der Waals surface area contributed by atoms with Gasteiger partial charge in [0, 0.05) is 13.0 Å². The van der Waals surface area contributed by atoms with Gasteiger partial charge in [0.05, 0.1) is 12.5 Å². The van der Waals surface area contributed by atoms with E-state index in [0.717, 1.165) is 0 Å². The number of carbonyl (C=O) groups excluding carboxylic acids is 1. The fourth-order valence-electron chi connectivity index (χ4n) is 2.16. The summed E-state index contributed by atoms with van der Waals surface area (Å²) in [6, 6.07) is 11.4. The van der Waals surface area contributed by atoms with Gasteiger partial charge in [-0.15, -0.1) is 0 Å². The van der Waals surface area contributed by atoms with Gasteiger partial charge < -0.3 is 18.6 Å². The molecule has 3 rings (SSSR count).